The van der Waals surface area contributed by atoms with E-state index in [-0.39, 0.29) is 50.2 Å². The van der Waals surface area contributed by atoms with Crippen molar-refractivity contribution in [3.63, 3.8) is 0 Å². The second-order valence-corrected chi connectivity index (χ2v) is 24.3. The summed E-state index contributed by atoms with van der Waals surface area (Å²) in [6, 6.07) is 84.0. The van der Waals surface area contributed by atoms with Gasteiger partial charge in [0.15, 0.2) is 0 Å². The number of aromatic nitrogens is 2. The van der Waals surface area contributed by atoms with Crippen LogP contribution in [0.1, 0.15) is 103 Å². The van der Waals surface area contributed by atoms with E-state index in [1.54, 1.807) is 0 Å². The Balaban J connectivity index is 0.00000368. The van der Waals surface area contributed by atoms with Gasteiger partial charge in [-0.25, -0.2) is 4.98 Å². The van der Waals surface area contributed by atoms with Gasteiger partial charge in [-0.3, -0.25) is 0 Å². The monoisotopic (exact) mass is 1240 g/mol. The van der Waals surface area contributed by atoms with Gasteiger partial charge in [-0.05, 0) is 114 Å². The molecule has 0 saturated carbocycles. The molecule has 0 bridgehead atoms. The molecule has 9 aromatic carbocycles. The molecule has 11 aromatic rings. The molecule has 6 heteroatoms. The fourth-order valence-electron chi connectivity index (χ4n) is 11.4. The number of benzene rings is 9. The maximum Gasteiger partial charge on any atom is 4.00 e. The van der Waals surface area contributed by atoms with Crippen LogP contribution in [0.5, 0.6) is 11.5 Å². The number of nitrogens with zero attached hydrogens (tertiary/aromatic N) is 4. The van der Waals surface area contributed by atoms with Gasteiger partial charge in [0.2, 0.25) is 0 Å². The molecule has 81 heavy (non-hydrogen) atoms. The third-order valence-corrected chi connectivity index (χ3v) is 16.2. The molecule has 406 valence electrons. The summed E-state index contributed by atoms with van der Waals surface area (Å²) < 4.78 is 9.14. The van der Waals surface area contributed by atoms with Gasteiger partial charge in [-0.2, -0.15) is 12.1 Å². The Labute approximate surface area is 495 Å². The predicted molar refractivity (Wildman–Crippen MR) is 336 cm³/mol. The van der Waals surface area contributed by atoms with Gasteiger partial charge >= 0.3 is 21.1 Å². The summed E-state index contributed by atoms with van der Waals surface area (Å²) in [5.74, 6) is 2.00. The van der Waals surface area contributed by atoms with Crippen molar-refractivity contribution in [3.05, 3.63) is 278 Å². The molecule has 1 aliphatic heterocycles. The van der Waals surface area contributed by atoms with E-state index in [0.717, 1.165) is 55.9 Å². The smallest absolute Gasteiger partial charge is 0.509 e. The minimum absolute atomic E-state index is 0. The SMILES string of the molecule is CC(C)(C)c1cc(-c2ccccc2)cc(N2[CH-]N(c3[c-]c(Oc4[c-]c5c(cc4)c4cc(-c6ccccc6)ccc4n5-c4cc(C(C)(C)C)ccn4)ccc3)c3cc(C(C)(C)c4ccccc4)c(C(C)(C)c4ccccc4)cc32)c1.[CH3-].[Pt+4]. The summed E-state index contributed by atoms with van der Waals surface area (Å²) in [4.78, 5) is 9.66. The molecule has 0 saturated heterocycles. The van der Waals surface area contributed by atoms with E-state index in [1.165, 1.54) is 50.1 Å². The van der Waals surface area contributed by atoms with E-state index >= 15 is 0 Å². The fourth-order valence-corrected chi connectivity index (χ4v) is 11.4. The van der Waals surface area contributed by atoms with Crippen LogP contribution < -0.4 is 14.5 Å². The molecule has 2 aromatic heterocycles. The number of anilines is 4. The van der Waals surface area contributed by atoms with Gasteiger partial charge in [0.1, 0.15) is 5.82 Å². The van der Waals surface area contributed by atoms with Crippen LogP contribution >= 0.6 is 0 Å². The van der Waals surface area contributed by atoms with Crippen LogP contribution in [-0.4, -0.2) is 9.55 Å². The molecule has 0 amide bonds. The summed E-state index contributed by atoms with van der Waals surface area (Å²) in [5.41, 5.74) is 17.3. The van der Waals surface area contributed by atoms with Crippen LogP contribution in [0.4, 0.5) is 22.7 Å². The van der Waals surface area contributed by atoms with E-state index in [1.807, 2.05) is 18.3 Å². The number of hydrogen-bond donors (Lipinski definition) is 0. The zero-order valence-corrected chi connectivity index (χ0v) is 50.6. The summed E-state index contributed by atoms with van der Waals surface area (Å²) in [6.07, 6.45) is 1.92. The quantitative estimate of drug-likeness (QED) is 0.121. The first-order valence-electron chi connectivity index (χ1n) is 27.6. The standard InChI is InChI=1S/C74H67N4O.CH3.Pt/c1-71(2,3)56-38-39-75-70(44-56)78-66-37-34-52(50-24-15-11-16-25-50)42-63(66)62-36-35-61(46-67(62)78)79-60-33-23-32-58(45-60)76-49-77(59-41-53(51-26-17-12-18-27-51)40-57(43-59)72(4,5)6)69-48-65(74(9,10)55-30-21-14-22-31-55)64(47-68(69)76)73(7,8)54-28-19-13-20-29-54;;/h11-44,47-49H,1-10H3;1H3;/q-3;-1;+4. The maximum atomic E-state index is 6.91. The molecule has 5 nitrogen and oxygen atoms in total. The van der Waals surface area contributed by atoms with Crippen LogP contribution in [0.3, 0.4) is 0 Å². The van der Waals surface area contributed by atoms with E-state index < -0.39 is 0 Å². The van der Waals surface area contributed by atoms with Crippen LogP contribution in [0.15, 0.2) is 219 Å². The van der Waals surface area contributed by atoms with Gasteiger partial charge < -0.3 is 26.5 Å². The fraction of sp³-hybridized carbons (Fsp3) is 0.187. The predicted octanol–water partition coefficient (Wildman–Crippen LogP) is 20.0. The van der Waals surface area contributed by atoms with Gasteiger partial charge in [0.25, 0.3) is 0 Å². The summed E-state index contributed by atoms with van der Waals surface area (Å²) in [7, 11) is 0. The van der Waals surface area contributed by atoms with Crippen molar-refractivity contribution in [1.82, 2.24) is 9.55 Å². The molecular weight excluding hydrogens is 1170 g/mol. The van der Waals surface area contributed by atoms with Crippen molar-refractivity contribution in [2.75, 3.05) is 9.80 Å². The molecule has 0 unspecified atom stereocenters. The Morgan fingerprint density at radius 1 is 0.432 bits per heavy atom. The van der Waals surface area contributed by atoms with Crippen molar-refractivity contribution in [2.24, 2.45) is 0 Å². The van der Waals surface area contributed by atoms with Gasteiger partial charge in [0, 0.05) is 51.1 Å². The first-order chi connectivity index (χ1) is 37.9. The maximum absolute atomic E-state index is 6.91. The molecule has 0 aliphatic carbocycles. The zero-order valence-electron chi connectivity index (χ0n) is 48.4. The molecule has 0 N–H and O–H groups in total. The number of hydrogen-bond acceptors (Lipinski definition) is 4. The van der Waals surface area contributed by atoms with Crippen molar-refractivity contribution in [2.45, 2.75) is 90.9 Å². The average Bonchev–Trinajstić information content (AvgIpc) is 4.05. The molecule has 3 heterocycles. The van der Waals surface area contributed by atoms with Gasteiger partial charge in [0.05, 0.1) is 0 Å². The Kier molecular flexibility index (Phi) is 15.2. The van der Waals surface area contributed by atoms with Gasteiger partial charge in [-0.1, -0.05) is 214 Å². The van der Waals surface area contributed by atoms with Crippen molar-refractivity contribution >= 4 is 44.6 Å². The van der Waals surface area contributed by atoms with E-state index in [4.69, 9.17) is 9.72 Å². The largest absolute Gasteiger partial charge is 4.00 e. The normalized spacial score (nSPS) is 12.8. The number of fused-ring (bicyclic) bond motifs is 4. The number of pyridine rings is 1. The first kappa shape index (κ1) is 56.3. The molecule has 0 radical (unpaired) electrons. The Hall–Kier alpha value is -7.98. The minimum Gasteiger partial charge on any atom is -0.509 e. The molecule has 0 atom stereocenters. The van der Waals surface area contributed by atoms with E-state index in [9.17, 15) is 0 Å². The van der Waals surface area contributed by atoms with E-state index in [2.05, 4.69) is 303 Å². The second-order valence-electron chi connectivity index (χ2n) is 24.3. The first-order valence-corrected chi connectivity index (χ1v) is 27.6. The van der Waals surface area contributed by atoms with E-state index in [0.29, 0.717) is 11.5 Å². The van der Waals surface area contributed by atoms with Crippen LogP contribution in [0.25, 0.3) is 49.9 Å². The Bertz CT molecular complexity index is 4040. The zero-order chi connectivity index (χ0) is 54.8. The molecule has 1 aliphatic rings. The number of rotatable bonds is 11. The molecule has 0 fully saturated rings. The van der Waals surface area contributed by atoms with Crippen molar-refractivity contribution in [1.29, 1.82) is 0 Å². The average molecular weight is 1240 g/mol. The molecule has 12 rings (SSSR count). The third-order valence-electron chi connectivity index (χ3n) is 16.2. The minimum atomic E-state index is -0.373. The van der Waals surface area contributed by atoms with Crippen molar-refractivity contribution < 1.29 is 25.8 Å². The van der Waals surface area contributed by atoms with Crippen LogP contribution in [-0.2, 0) is 42.7 Å². The summed E-state index contributed by atoms with van der Waals surface area (Å²) in [6.45, 7) is 25.3. The van der Waals surface area contributed by atoms with Crippen LogP contribution in [0, 0.1) is 26.2 Å². The molecule has 0 spiro atoms. The number of ether oxygens (including phenoxy) is 1. The second kappa shape index (κ2) is 21.8. The van der Waals surface area contributed by atoms with Gasteiger partial charge in [-0.15, -0.1) is 48.1 Å². The third kappa shape index (κ3) is 10.7. The van der Waals surface area contributed by atoms with Crippen LogP contribution in [0.2, 0.25) is 0 Å². The molecular formula is C75H70N4OPt. The Morgan fingerprint density at radius 3 is 1.58 bits per heavy atom. The Morgan fingerprint density at radius 2 is 0.988 bits per heavy atom. The summed E-state index contributed by atoms with van der Waals surface area (Å²) >= 11 is 0. The van der Waals surface area contributed by atoms with Crippen molar-refractivity contribution in [3.8, 4) is 39.6 Å². The summed E-state index contributed by atoms with van der Waals surface area (Å²) in [5, 5.41) is 2.19. The topological polar surface area (TPSA) is 33.5 Å².